The van der Waals surface area contributed by atoms with E-state index in [4.69, 9.17) is 10.4 Å². The molecule has 4 nitrogen and oxygen atoms in total. The summed E-state index contributed by atoms with van der Waals surface area (Å²) in [4.78, 5) is 13.2. The van der Waals surface area contributed by atoms with Gasteiger partial charge in [-0.05, 0) is 18.2 Å². The Hall–Kier alpha value is -2.35. The van der Waals surface area contributed by atoms with Crippen molar-refractivity contribution >= 4 is 16.9 Å². The summed E-state index contributed by atoms with van der Waals surface area (Å²) in [5, 5.41) is 17.7. The molecule has 0 saturated heterocycles. The lowest BCUT2D eigenvalue weighted by Crippen LogP contribution is -1.94. The smallest absolute Gasteiger partial charge is 0.352 e. The van der Waals surface area contributed by atoms with E-state index in [1.807, 2.05) is 0 Å². The van der Waals surface area contributed by atoms with E-state index in [1.165, 1.54) is 12.1 Å². The zero-order valence-electron chi connectivity index (χ0n) is 7.41. The number of H-pyrrole nitrogens is 1. The molecule has 1 aromatic carbocycles. The number of rotatable bonds is 1. The number of aromatic amines is 1. The summed E-state index contributed by atoms with van der Waals surface area (Å²) >= 11 is 0. The highest BCUT2D eigenvalue weighted by atomic mass is 19.1. The molecule has 0 atom stereocenters. The molecule has 0 aliphatic heterocycles. The third kappa shape index (κ3) is 1.32. The van der Waals surface area contributed by atoms with Gasteiger partial charge in [0.1, 0.15) is 17.6 Å². The van der Waals surface area contributed by atoms with E-state index in [9.17, 15) is 9.18 Å². The van der Waals surface area contributed by atoms with Crippen molar-refractivity contribution in [2.75, 3.05) is 0 Å². The first-order chi connectivity index (χ1) is 7.13. The largest absolute Gasteiger partial charge is 0.477 e. The number of hydrogen-bond acceptors (Lipinski definition) is 2. The molecule has 0 radical (unpaired) electrons. The Morgan fingerprint density at radius 1 is 1.53 bits per heavy atom. The molecule has 74 valence electrons. The number of halogens is 1. The number of nitrogens with one attached hydrogen (secondary N) is 1. The van der Waals surface area contributed by atoms with E-state index in [2.05, 4.69) is 4.98 Å². The maximum absolute atomic E-state index is 13.1. The van der Waals surface area contributed by atoms with E-state index in [1.54, 1.807) is 6.07 Å². The second-order valence-corrected chi connectivity index (χ2v) is 2.98. The number of benzene rings is 1. The van der Waals surface area contributed by atoms with Crippen LogP contribution < -0.4 is 0 Å². The van der Waals surface area contributed by atoms with Crippen LogP contribution in [-0.4, -0.2) is 16.1 Å². The molecular weight excluding hydrogens is 199 g/mol. The van der Waals surface area contributed by atoms with Crippen molar-refractivity contribution in [3.8, 4) is 6.07 Å². The van der Waals surface area contributed by atoms with Crippen molar-refractivity contribution in [2.24, 2.45) is 0 Å². The minimum absolute atomic E-state index is 0.0629. The second-order valence-electron chi connectivity index (χ2n) is 2.98. The lowest BCUT2D eigenvalue weighted by Gasteiger charge is -1.93. The van der Waals surface area contributed by atoms with Crippen LogP contribution in [0.5, 0.6) is 0 Å². The molecule has 1 heterocycles. The normalized spacial score (nSPS) is 10.1. The Bertz CT molecular complexity index is 595. The molecule has 2 N–H and O–H groups in total. The van der Waals surface area contributed by atoms with E-state index in [0.29, 0.717) is 5.52 Å². The lowest BCUT2D eigenvalue weighted by molar-refractivity contribution is 0.0691. The van der Waals surface area contributed by atoms with Crippen molar-refractivity contribution in [2.45, 2.75) is 0 Å². The SMILES string of the molecule is N#Cc1c(F)ccc2[nH]c(C(=O)O)cc12. The van der Waals surface area contributed by atoms with E-state index >= 15 is 0 Å². The van der Waals surface area contributed by atoms with Gasteiger partial charge in [-0.2, -0.15) is 5.26 Å². The van der Waals surface area contributed by atoms with Gasteiger partial charge in [-0.3, -0.25) is 0 Å². The first kappa shape index (κ1) is 9.21. The van der Waals surface area contributed by atoms with Gasteiger partial charge < -0.3 is 10.1 Å². The Labute approximate surface area is 83.6 Å². The number of aromatic carboxylic acids is 1. The number of fused-ring (bicyclic) bond motifs is 1. The van der Waals surface area contributed by atoms with Gasteiger partial charge in [-0.25, -0.2) is 9.18 Å². The summed E-state index contributed by atoms with van der Waals surface area (Å²) in [6.45, 7) is 0. The van der Waals surface area contributed by atoms with Gasteiger partial charge in [0.25, 0.3) is 0 Å². The van der Waals surface area contributed by atoms with Crippen molar-refractivity contribution in [3.05, 3.63) is 35.3 Å². The second kappa shape index (κ2) is 3.10. The van der Waals surface area contributed by atoms with E-state index < -0.39 is 11.8 Å². The highest BCUT2D eigenvalue weighted by Gasteiger charge is 2.12. The Morgan fingerprint density at radius 2 is 2.27 bits per heavy atom. The Morgan fingerprint density at radius 3 is 2.87 bits per heavy atom. The summed E-state index contributed by atoms with van der Waals surface area (Å²) in [6.07, 6.45) is 0. The number of nitriles is 1. The molecule has 0 bridgehead atoms. The summed E-state index contributed by atoms with van der Waals surface area (Å²) in [5.41, 5.74) is 0.230. The third-order valence-corrected chi connectivity index (χ3v) is 2.09. The zero-order chi connectivity index (χ0) is 11.0. The van der Waals surface area contributed by atoms with Gasteiger partial charge in [0.15, 0.2) is 0 Å². The molecule has 0 aliphatic carbocycles. The van der Waals surface area contributed by atoms with Crippen LogP contribution in [0.1, 0.15) is 16.1 Å². The van der Waals surface area contributed by atoms with Crippen LogP contribution in [0, 0.1) is 17.1 Å². The third-order valence-electron chi connectivity index (χ3n) is 2.09. The molecular formula is C10H5FN2O2. The predicted octanol–water partition coefficient (Wildman–Crippen LogP) is 1.88. The van der Waals surface area contributed by atoms with Crippen molar-refractivity contribution in [1.29, 1.82) is 5.26 Å². The Balaban J connectivity index is 2.82. The molecule has 0 unspecified atom stereocenters. The van der Waals surface area contributed by atoms with Crippen LogP contribution in [0.15, 0.2) is 18.2 Å². The summed E-state index contributed by atoms with van der Waals surface area (Å²) in [7, 11) is 0. The van der Waals surface area contributed by atoms with Crippen LogP contribution in [0.4, 0.5) is 4.39 Å². The molecule has 2 rings (SSSR count). The fourth-order valence-electron chi connectivity index (χ4n) is 1.41. The molecule has 0 saturated carbocycles. The highest BCUT2D eigenvalue weighted by molar-refractivity contribution is 5.95. The number of carboxylic acid groups (broad SMARTS) is 1. The van der Waals surface area contributed by atoms with Gasteiger partial charge in [0.05, 0.1) is 5.56 Å². The predicted molar refractivity (Wildman–Crippen MR) is 49.9 cm³/mol. The summed E-state index contributed by atoms with van der Waals surface area (Å²) in [6, 6.07) is 5.48. The van der Waals surface area contributed by atoms with Gasteiger partial charge in [-0.15, -0.1) is 0 Å². The van der Waals surface area contributed by atoms with Crippen LogP contribution in [-0.2, 0) is 0 Å². The Kier molecular flexibility index (Phi) is 1.90. The summed E-state index contributed by atoms with van der Waals surface area (Å²) < 4.78 is 13.1. The minimum atomic E-state index is -1.14. The van der Waals surface area contributed by atoms with Gasteiger partial charge in [0.2, 0.25) is 0 Å². The number of carboxylic acids is 1. The van der Waals surface area contributed by atoms with Crippen molar-refractivity contribution in [3.63, 3.8) is 0 Å². The monoisotopic (exact) mass is 204 g/mol. The standard InChI is InChI=1S/C10H5FN2O2/c11-7-1-2-8-5(6(7)4-12)3-9(13-8)10(14)15/h1-3,13H,(H,14,15). The average molecular weight is 204 g/mol. The minimum Gasteiger partial charge on any atom is -0.477 e. The molecule has 15 heavy (non-hydrogen) atoms. The first-order valence-corrected chi connectivity index (χ1v) is 4.08. The molecule has 1 aromatic heterocycles. The highest BCUT2D eigenvalue weighted by Crippen LogP contribution is 2.21. The zero-order valence-corrected chi connectivity index (χ0v) is 7.41. The van der Waals surface area contributed by atoms with Gasteiger partial charge in [0, 0.05) is 10.9 Å². The maximum Gasteiger partial charge on any atom is 0.352 e. The fourth-order valence-corrected chi connectivity index (χ4v) is 1.41. The fraction of sp³-hybridized carbons (Fsp3) is 0. The van der Waals surface area contributed by atoms with Gasteiger partial charge in [-0.1, -0.05) is 0 Å². The van der Waals surface area contributed by atoms with Crippen LogP contribution in [0.2, 0.25) is 0 Å². The van der Waals surface area contributed by atoms with Crippen LogP contribution in [0.25, 0.3) is 10.9 Å². The number of carbonyl (C=O) groups is 1. The molecule has 0 amide bonds. The van der Waals surface area contributed by atoms with Gasteiger partial charge >= 0.3 is 5.97 Å². The molecule has 0 fully saturated rings. The average Bonchev–Trinajstić information content (AvgIpc) is 2.61. The topological polar surface area (TPSA) is 76.9 Å². The van der Waals surface area contributed by atoms with E-state index in [0.717, 1.165) is 6.07 Å². The number of nitrogens with zero attached hydrogens (tertiary/aromatic N) is 1. The quantitative estimate of drug-likeness (QED) is 0.744. The molecule has 2 aromatic rings. The van der Waals surface area contributed by atoms with E-state index in [-0.39, 0.29) is 16.6 Å². The van der Waals surface area contributed by atoms with Crippen LogP contribution >= 0.6 is 0 Å². The first-order valence-electron chi connectivity index (χ1n) is 4.08. The molecule has 0 aliphatic rings. The summed E-state index contributed by atoms with van der Waals surface area (Å²) in [5.74, 6) is -1.79. The number of hydrogen-bond donors (Lipinski definition) is 2. The lowest BCUT2D eigenvalue weighted by atomic mass is 10.1. The molecule has 0 spiro atoms. The molecule has 5 heteroatoms. The van der Waals surface area contributed by atoms with Crippen molar-refractivity contribution in [1.82, 2.24) is 4.98 Å². The maximum atomic E-state index is 13.1. The number of aromatic nitrogens is 1. The van der Waals surface area contributed by atoms with Crippen LogP contribution in [0.3, 0.4) is 0 Å². The van der Waals surface area contributed by atoms with Crippen molar-refractivity contribution < 1.29 is 14.3 Å².